The second-order valence-electron chi connectivity index (χ2n) is 3.53. The lowest BCUT2D eigenvalue weighted by molar-refractivity contribution is 0.0972. The lowest BCUT2D eigenvalue weighted by atomic mass is 10.1. The third kappa shape index (κ3) is 3.18. The number of carbonyl (C=O) groups is 1. The van der Waals surface area contributed by atoms with Crippen molar-refractivity contribution in [3.8, 4) is 5.75 Å². The lowest BCUT2D eigenvalue weighted by Crippen LogP contribution is -2.16. The van der Waals surface area contributed by atoms with Crippen LogP contribution in [-0.2, 0) is 0 Å². The molecule has 14 heavy (non-hydrogen) atoms. The molecule has 0 saturated carbocycles. The zero-order chi connectivity index (χ0) is 10.6. The number of phenolic OH excluding ortho intramolecular Hbond substituents is 1. The fourth-order valence-corrected chi connectivity index (χ4v) is 1.15. The Morgan fingerprint density at radius 3 is 2.71 bits per heavy atom. The maximum atomic E-state index is 11.6. The summed E-state index contributed by atoms with van der Waals surface area (Å²) in [6, 6.07) is 6.46. The monoisotopic (exact) mass is 193 g/mol. The van der Waals surface area contributed by atoms with E-state index in [0.717, 1.165) is 6.54 Å². The van der Waals surface area contributed by atoms with E-state index in [9.17, 15) is 9.90 Å². The third-order valence-electron chi connectivity index (χ3n) is 1.95. The van der Waals surface area contributed by atoms with Crippen molar-refractivity contribution in [2.24, 2.45) is 0 Å². The summed E-state index contributed by atoms with van der Waals surface area (Å²) in [5, 5.41) is 9.18. The smallest absolute Gasteiger partial charge is 0.164 e. The van der Waals surface area contributed by atoms with Crippen LogP contribution < -0.4 is 0 Å². The maximum Gasteiger partial charge on any atom is 0.164 e. The quantitative estimate of drug-likeness (QED) is 0.737. The Morgan fingerprint density at radius 1 is 1.43 bits per heavy atom. The van der Waals surface area contributed by atoms with Crippen LogP contribution in [0.1, 0.15) is 16.8 Å². The van der Waals surface area contributed by atoms with Gasteiger partial charge in [-0.25, -0.2) is 0 Å². The molecule has 1 aromatic carbocycles. The van der Waals surface area contributed by atoms with Crippen LogP contribution in [0.5, 0.6) is 5.75 Å². The van der Waals surface area contributed by atoms with E-state index >= 15 is 0 Å². The summed E-state index contributed by atoms with van der Waals surface area (Å²) in [5.74, 6) is 0.204. The van der Waals surface area contributed by atoms with Gasteiger partial charge in [-0.1, -0.05) is 12.1 Å². The summed E-state index contributed by atoms with van der Waals surface area (Å²) in [6.45, 7) is 0.731. The second kappa shape index (κ2) is 4.77. The van der Waals surface area contributed by atoms with Gasteiger partial charge in [-0.05, 0) is 26.2 Å². The molecular weight excluding hydrogens is 178 g/mol. The van der Waals surface area contributed by atoms with Crippen molar-refractivity contribution < 1.29 is 9.90 Å². The summed E-state index contributed by atoms with van der Waals surface area (Å²) in [7, 11) is 3.85. The van der Waals surface area contributed by atoms with Gasteiger partial charge in [0.15, 0.2) is 5.78 Å². The maximum absolute atomic E-state index is 11.6. The zero-order valence-electron chi connectivity index (χ0n) is 8.53. The number of rotatable bonds is 4. The van der Waals surface area contributed by atoms with Gasteiger partial charge in [-0.15, -0.1) is 0 Å². The molecule has 0 fully saturated rings. The van der Waals surface area contributed by atoms with E-state index in [-0.39, 0.29) is 11.5 Å². The Hall–Kier alpha value is -1.35. The van der Waals surface area contributed by atoms with Gasteiger partial charge in [-0.3, -0.25) is 4.79 Å². The normalized spacial score (nSPS) is 10.5. The number of benzene rings is 1. The molecule has 76 valence electrons. The second-order valence-corrected chi connectivity index (χ2v) is 3.53. The summed E-state index contributed by atoms with van der Waals surface area (Å²) >= 11 is 0. The molecule has 3 nitrogen and oxygen atoms in total. The number of phenols is 1. The molecule has 0 aliphatic carbocycles. The largest absolute Gasteiger partial charge is 0.508 e. The minimum atomic E-state index is 0.0644. The molecule has 0 spiro atoms. The Morgan fingerprint density at radius 2 is 2.14 bits per heavy atom. The van der Waals surface area contributed by atoms with E-state index in [2.05, 4.69) is 0 Å². The third-order valence-corrected chi connectivity index (χ3v) is 1.95. The summed E-state index contributed by atoms with van der Waals surface area (Å²) < 4.78 is 0. The molecule has 0 unspecified atom stereocenters. The molecule has 0 amide bonds. The van der Waals surface area contributed by atoms with Crippen molar-refractivity contribution in [1.82, 2.24) is 4.90 Å². The number of nitrogens with zero attached hydrogens (tertiary/aromatic N) is 1. The molecule has 0 bridgehead atoms. The van der Waals surface area contributed by atoms with E-state index in [1.54, 1.807) is 18.2 Å². The Balaban J connectivity index is 2.61. The molecule has 0 radical (unpaired) electrons. The Labute approximate surface area is 84.0 Å². The van der Waals surface area contributed by atoms with Gasteiger partial charge >= 0.3 is 0 Å². The summed E-state index contributed by atoms with van der Waals surface area (Å²) in [4.78, 5) is 13.5. The van der Waals surface area contributed by atoms with Crippen molar-refractivity contribution >= 4 is 5.78 Å². The average Bonchev–Trinajstić information content (AvgIpc) is 2.14. The van der Waals surface area contributed by atoms with Crippen LogP contribution in [-0.4, -0.2) is 36.4 Å². The Bertz CT molecular complexity index is 321. The number of Topliss-reactive ketones (excluding diaryl/α,β-unsaturated/α-hetero) is 1. The SMILES string of the molecule is CN(C)CCC(=O)c1cccc(O)c1. The van der Waals surface area contributed by atoms with Gasteiger partial charge in [0.1, 0.15) is 5.75 Å². The van der Waals surface area contributed by atoms with Gasteiger partial charge in [-0.2, -0.15) is 0 Å². The van der Waals surface area contributed by atoms with Crippen LogP contribution in [0.15, 0.2) is 24.3 Å². The number of hydrogen-bond acceptors (Lipinski definition) is 3. The highest BCUT2D eigenvalue weighted by atomic mass is 16.3. The van der Waals surface area contributed by atoms with Gasteiger partial charge in [0.2, 0.25) is 0 Å². The fourth-order valence-electron chi connectivity index (χ4n) is 1.15. The first-order valence-corrected chi connectivity index (χ1v) is 4.56. The molecule has 0 saturated heterocycles. The molecule has 0 aliphatic heterocycles. The highest BCUT2D eigenvalue weighted by molar-refractivity contribution is 5.96. The predicted octanol–water partition coefficient (Wildman–Crippen LogP) is 1.53. The molecule has 0 aliphatic rings. The molecule has 1 rings (SSSR count). The predicted molar refractivity (Wildman–Crippen MR) is 55.6 cm³/mol. The first kappa shape index (κ1) is 10.7. The number of aromatic hydroxyl groups is 1. The van der Waals surface area contributed by atoms with Crippen molar-refractivity contribution in [2.75, 3.05) is 20.6 Å². The zero-order valence-corrected chi connectivity index (χ0v) is 8.53. The van der Waals surface area contributed by atoms with E-state index in [0.29, 0.717) is 12.0 Å². The van der Waals surface area contributed by atoms with Crippen LogP contribution in [0, 0.1) is 0 Å². The van der Waals surface area contributed by atoms with Crippen LogP contribution in [0.25, 0.3) is 0 Å². The van der Waals surface area contributed by atoms with E-state index in [4.69, 9.17) is 0 Å². The first-order valence-electron chi connectivity index (χ1n) is 4.56. The molecular formula is C11H15NO2. The fraction of sp³-hybridized carbons (Fsp3) is 0.364. The van der Waals surface area contributed by atoms with Crippen molar-refractivity contribution in [1.29, 1.82) is 0 Å². The van der Waals surface area contributed by atoms with Crippen LogP contribution in [0.4, 0.5) is 0 Å². The van der Waals surface area contributed by atoms with Crippen molar-refractivity contribution in [3.63, 3.8) is 0 Å². The van der Waals surface area contributed by atoms with Crippen molar-refractivity contribution in [2.45, 2.75) is 6.42 Å². The number of hydrogen-bond donors (Lipinski definition) is 1. The summed E-state index contributed by atoms with van der Waals surface area (Å²) in [6.07, 6.45) is 0.483. The standard InChI is InChI=1S/C11H15NO2/c1-12(2)7-6-11(14)9-4-3-5-10(13)8-9/h3-5,8,13H,6-7H2,1-2H3. The highest BCUT2D eigenvalue weighted by Gasteiger charge is 2.06. The Kier molecular flexibility index (Phi) is 3.65. The minimum Gasteiger partial charge on any atom is -0.508 e. The average molecular weight is 193 g/mol. The molecule has 3 heteroatoms. The van der Waals surface area contributed by atoms with E-state index < -0.39 is 0 Å². The number of carbonyl (C=O) groups excluding carboxylic acids is 1. The summed E-state index contributed by atoms with van der Waals surface area (Å²) in [5.41, 5.74) is 0.576. The van der Waals surface area contributed by atoms with Crippen LogP contribution in [0.2, 0.25) is 0 Å². The van der Waals surface area contributed by atoms with Gasteiger partial charge in [0.25, 0.3) is 0 Å². The lowest BCUT2D eigenvalue weighted by Gasteiger charge is -2.08. The van der Waals surface area contributed by atoms with E-state index in [1.165, 1.54) is 6.07 Å². The topological polar surface area (TPSA) is 40.5 Å². The molecule has 1 N–H and O–H groups in total. The molecule has 1 aromatic rings. The first-order chi connectivity index (χ1) is 6.59. The minimum absolute atomic E-state index is 0.0644. The van der Waals surface area contributed by atoms with Gasteiger partial charge < -0.3 is 10.0 Å². The molecule has 0 heterocycles. The van der Waals surface area contributed by atoms with Crippen molar-refractivity contribution in [3.05, 3.63) is 29.8 Å². The molecule has 0 atom stereocenters. The highest BCUT2D eigenvalue weighted by Crippen LogP contribution is 2.12. The van der Waals surface area contributed by atoms with Crippen LogP contribution in [0.3, 0.4) is 0 Å². The van der Waals surface area contributed by atoms with Gasteiger partial charge in [0, 0.05) is 18.5 Å². The molecule has 0 aromatic heterocycles. The number of ketones is 1. The van der Waals surface area contributed by atoms with E-state index in [1.807, 2.05) is 19.0 Å². The van der Waals surface area contributed by atoms with Gasteiger partial charge in [0.05, 0.1) is 0 Å². The van der Waals surface area contributed by atoms with Crippen LogP contribution >= 0.6 is 0 Å².